The van der Waals surface area contributed by atoms with Crippen LogP contribution in [0.1, 0.15) is 43.0 Å². The Labute approximate surface area is 108 Å². The summed E-state index contributed by atoms with van der Waals surface area (Å²) in [6, 6.07) is 4.51. The van der Waals surface area contributed by atoms with Crippen molar-refractivity contribution in [2.45, 2.75) is 45.8 Å². The first-order valence-corrected chi connectivity index (χ1v) is 6.78. The lowest BCUT2D eigenvalue weighted by atomic mass is 9.84. The first-order chi connectivity index (χ1) is 7.71. The lowest BCUT2D eigenvalue weighted by Crippen LogP contribution is -2.12. The number of nitrogens with one attached hydrogen (secondary N) is 1. The highest BCUT2D eigenvalue weighted by molar-refractivity contribution is 8.13. The summed E-state index contributed by atoms with van der Waals surface area (Å²) in [5, 5.41) is 7.45. The molecule has 3 N–H and O–H groups in total. The number of nitrogens with two attached hydrogens (primary N) is 1. The lowest BCUT2D eigenvalue weighted by molar-refractivity contribution is 0.589. The van der Waals surface area contributed by atoms with E-state index in [-0.39, 0.29) is 10.6 Å². The summed E-state index contributed by atoms with van der Waals surface area (Å²) in [5.74, 6) is 0.789. The standard InChI is InChI=1S/C14H22N2S/c1-9-6-11(14(3,4)5)7-10(2)12(9)8-17-13(15)16/h6-7H,8H2,1-5H3,(H3,15,16). The fourth-order valence-corrected chi connectivity index (χ4v) is 2.56. The van der Waals surface area contributed by atoms with Gasteiger partial charge in [-0.25, -0.2) is 0 Å². The molecular weight excluding hydrogens is 228 g/mol. The highest BCUT2D eigenvalue weighted by Gasteiger charge is 2.16. The van der Waals surface area contributed by atoms with E-state index in [1.54, 1.807) is 0 Å². The summed E-state index contributed by atoms with van der Waals surface area (Å²) in [6.45, 7) is 11.0. The molecule has 2 nitrogen and oxygen atoms in total. The normalized spacial score (nSPS) is 11.6. The van der Waals surface area contributed by atoms with Crippen LogP contribution in [0.15, 0.2) is 12.1 Å². The molecule has 0 aliphatic heterocycles. The molecule has 1 rings (SSSR count). The summed E-state index contributed by atoms with van der Waals surface area (Å²) < 4.78 is 0. The van der Waals surface area contributed by atoms with E-state index in [4.69, 9.17) is 11.1 Å². The van der Waals surface area contributed by atoms with E-state index in [9.17, 15) is 0 Å². The predicted molar refractivity (Wildman–Crippen MR) is 77.8 cm³/mol. The number of hydrogen-bond acceptors (Lipinski definition) is 2. The molecule has 0 saturated heterocycles. The molecule has 0 aliphatic rings. The van der Waals surface area contributed by atoms with E-state index in [1.165, 1.54) is 34.0 Å². The van der Waals surface area contributed by atoms with E-state index in [0.29, 0.717) is 0 Å². The van der Waals surface area contributed by atoms with Crippen molar-refractivity contribution in [1.82, 2.24) is 0 Å². The van der Waals surface area contributed by atoms with Gasteiger partial charge >= 0.3 is 0 Å². The molecule has 1 aromatic rings. The van der Waals surface area contributed by atoms with Crippen molar-refractivity contribution in [2.75, 3.05) is 0 Å². The fraction of sp³-hybridized carbons (Fsp3) is 0.500. The monoisotopic (exact) mass is 250 g/mol. The molecule has 3 heteroatoms. The minimum atomic E-state index is 0.182. The molecule has 0 atom stereocenters. The zero-order valence-corrected chi connectivity index (χ0v) is 12.2. The van der Waals surface area contributed by atoms with Crippen LogP contribution in [0, 0.1) is 19.3 Å². The molecule has 0 aliphatic carbocycles. The zero-order valence-electron chi connectivity index (χ0n) is 11.3. The molecule has 17 heavy (non-hydrogen) atoms. The van der Waals surface area contributed by atoms with Crippen LogP contribution in [-0.2, 0) is 11.2 Å². The highest BCUT2D eigenvalue weighted by Crippen LogP contribution is 2.28. The smallest absolute Gasteiger partial charge is 0.151 e. The largest absolute Gasteiger partial charge is 0.379 e. The maximum absolute atomic E-state index is 7.27. The predicted octanol–water partition coefficient (Wildman–Crippen LogP) is 3.73. The molecule has 94 valence electrons. The van der Waals surface area contributed by atoms with Crippen LogP contribution in [0.3, 0.4) is 0 Å². The maximum Gasteiger partial charge on any atom is 0.151 e. The average molecular weight is 250 g/mol. The molecule has 0 spiro atoms. The van der Waals surface area contributed by atoms with Gasteiger partial charge < -0.3 is 5.73 Å². The van der Waals surface area contributed by atoms with Crippen molar-refractivity contribution >= 4 is 16.9 Å². The molecule has 0 heterocycles. The minimum absolute atomic E-state index is 0.182. The number of thioether (sulfide) groups is 1. The van der Waals surface area contributed by atoms with Crippen LogP contribution in [0.5, 0.6) is 0 Å². The second kappa shape index (κ2) is 5.13. The van der Waals surface area contributed by atoms with Gasteiger partial charge in [0.2, 0.25) is 0 Å². The Balaban J connectivity index is 3.07. The van der Waals surface area contributed by atoms with Crippen molar-refractivity contribution in [1.29, 1.82) is 5.41 Å². The van der Waals surface area contributed by atoms with Gasteiger partial charge in [0, 0.05) is 5.75 Å². The van der Waals surface area contributed by atoms with Crippen LogP contribution in [0.4, 0.5) is 0 Å². The Bertz CT molecular complexity index is 407. The Kier molecular flexibility index (Phi) is 4.26. The zero-order chi connectivity index (χ0) is 13.2. The summed E-state index contributed by atoms with van der Waals surface area (Å²) >= 11 is 1.39. The third kappa shape index (κ3) is 3.77. The fourth-order valence-electron chi connectivity index (χ4n) is 1.80. The third-order valence-corrected chi connectivity index (χ3v) is 3.68. The van der Waals surface area contributed by atoms with Crippen LogP contribution in [-0.4, -0.2) is 5.17 Å². The lowest BCUT2D eigenvalue weighted by Gasteiger charge is -2.22. The van der Waals surface area contributed by atoms with Gasteiger partial charge in [0.25, 0.3) is 0 Å². The van der Waals surface area contributed by atoms with E-state index < -0.39 is 0 Å². The van der Waals surface area contributed by atoms with Crippen LogP contribution < -0.4 is 5.73 Å². The minimum Gasteiger partial charge on any atom is -0.379 e. The highest BCUT2D eigenvalue weighted by atomic mass is 32.2. The molecule has 0 fully saturated rings. The Morgan fingerprint density at radius 1 is 1.24 bits per heavy atom. The number of hydrogen-bond donors (Lipinski definition) is 2. The van der Waals surface area contributed by atoms with Crippen molar-refractivity contribution in [3.63, 3.8) is 0 Å². The summed E-state index contributed by atoms with van der Waals surface area (Å²) in [7, 11) is 0. The SMILES string of the molecule is Cc1cc(C(C)(C)C)cc(C)c1CSC(=N)N. The number of aryl methyl sites for hydroxylation is 2. The molecular formula is C14H22N2S. The van der Waals surface area contributed by atoms with Gasteiger partial charge in [0.05, 0.1) is 0 Å². The second-order valence-electron chi connectivity index (χ2n) is 5.49. The van der Waals surface area contributed by atoms with Crippen molar-refractivity contribution < 1.29 is 0 Å². The average Bonchev–Trinajstić information content (AvgIpc) is 2.14. The van der Waals surface area contributed by atoms with E-state index in [0.717, 1.165) is 5.75 Å². The number of benzene rings is 1. The van der Waals surface area contributed by atoms with E-state index >= 15 is 0 Å². The quantitative estimate of drug-likeness (QED) is 0.620. The van der Waals surface area contributed by atoms with Gasteiger partial charge in [-0.1, -0.05) is 44.7 Å². The van der Waals surface area contributed by atoms with Crippen molar-refractivity contribution in [3.8, 4) is 0 Å². The summed E-state index contributed by atoms with van der Waals surface area (Å²) in [5.41, 5.74) is 10.8. The molecule has 0 radical (unpaired) electrons. The van der Waals surface area contributed by atoms with Gasteiger partial charge in [-0.3, -0.25) is 5.41 Å². The first-order valence-electron chi connectivity index (χ1n) is 5.79. The summed E-state index contributed by atoms with van der Waals surface area (Å²) in [4.78, 5) is 0. The van der Waals surface area contributed by atoms with Gasteiger partial charge in [-0.05, 0) is 41.5 Å². The topological polar surface area (TPSA) is 49.9 Å². The van der Waals surface area contributed by atoms with Crippen LogP contribution in [0.25, 0.3) is 0 Å². The molecule has 0 bridgehead atoms. The van der Waals surface area contributed by atoms with Gasteiger partial charge in [0.1, 0.15) is 0 Å². The third-order valence-electron chi connectivity index (χ3n) is 2.93. The molecule has 0 amide bonds. The van der Waals surface area contributed by atoms with Gasteiger partial charge in [-0.2, -0.15) is 0 Å². The molecule has 1 aromatic carbocycles. The van der Waals surface area contributed by atoms with Crippen LogP contribution in [0.2, 0.25) is 0 Å². The Morgan fingerprint density at radius 3 is 2.06 bits per heavy atom. The van der Waals surface area contributed by atoms with Gasteiger partial charge in [0.15, 0.2) is 5.17 Å². The summed E-state index contributed by atoms with van der Waals surface area (Å²) in [6.07, 6.45) is 0. The van der Waals surface area contributed by atoms with Crippen molar-refractivity contribution in [3.05, 3.63) is 34.4 Å². The molecule has 0 saturated carbocycles. The number of amidine groups is 1. The number of rotatable bonds is 2. The van der Waals surface area contributed by atoms with E-state index in [2.05, 4.69) is 46.8 Å². The molecule has 0 unspecified atom stereocenters. The Morgan fingerprint density at radius 2 is 1.71 bits per heavy atom. The van der Waals surface area contributed by atoms with E-state index in [1.807, 2.05) is 0 Å². The second-order valence-corrected chi connectivity index (χ2v) is 6.51. The van der Waals surface area contributed by atoms with Crippen LogP contribution >= 0.6 is 11.8 Å². The molecule has 0 aromatic heterocycles. The van der Waals surface area contributed by atoms with Crippen molar-refractivity contribution in [2.24, 2.45) is 5.73 Å². The maximum atomic E-state index is 7.27. The first kappa shape index (κ1) is 14.1. The van der Waals surface area contributed by atoms with Gasteiger partial charge in [-0.15, -0.1) is 0 Å². The Hall–Kier alpha value is -0.960.